The predicted octanol–water partition coefficient (Wildman–Crippen LogP) is 3.65. The summed E-state index contributed by atoms with van der Waals surface area (Å²) in [5.74, 6) is 0.198. The number of sulfone groups is 1. The SMILES string of the molecule is CC(C)Oc1cc(C(=O)Nc2nccs2)cc(-c2ccc(S(C)(=O)=O)cn2)c1. The van der Waals surface area contributed by atoms with Crippen LogP contribution >= 0.6 is 11.3 Å². The molecule has 2 heterocycles. The number of anilines is 1. The average molecular weight is 418 g/mol. The van der Waals surface area contributed by atoms with Gasteiger partial charge in [-0.05, 0) is 44.2 Å². The van der Waals surface area contributed by atoms with E-state index in [1.165, 1.54) is 23.6 Å². The minimum Gasteiger partial charge on any atom is -0.491 e. The summed E-state index contributed by atoms with van der Waals surface area (Å²) in [5, 5.41) is 5.01. The Morgan fingerprint density at radius 1 is 1.18 bits per heavy atom. The molecular formula is C19H19N3O4S2. The van der Waals surface area contributed by atoms with Crippen LogP contribution < -0.4 is 10.1 Å². The van der Waals surface area contributed by atoms with Gasteiger partial charge in [0.05, 0.1) is 16.7 Å². The van der Waals surface area contributed by atoms with Gasteiger partial charge in [0.2, 0.25) is 0 Å². The van der Waals surface area contributed by atoms with Crippen molar-refractivity contribution in [3.63, 3.8) is 0 Å². The molecule has 0 aliphatic carbocycles. The molecule has 9 heteroatoms. The van der Waals surface area contributed by atoms with Gasteiger partial charge in [-0.15, -0.1) is 11.3 Å². The molecule has 28 heavy (non-hydrogen) atoms. The topological polar surface area (TPSA) is 98.2 Å². The molecule has 0 radical (unpaired) electrons. The fourth-order valence-electron chi connectivity index (χ4n) is 2.44. The van der Waals surface area contributed by atoms with Gasteiger partial charge in [-0.1, -0.05) is 0 Å². The molecule has 0 spiro atoms. The molecule has 0 saturated carbocycles. The number of nitrogens with zero attached hydrogens (tertiary/aromatic N) is 2. The number of carbonyl (C=O) groups excluding carboxylic acids is 1. The van der Waals surface area contributed by atoms with Gasteiger partial charge < -0.3 is 4.74 Å². The summed E-state index contributed by atoms with van der Waals surface area (Å²) in [5.41, 5.74) is 1.56. The van der Waals surface area contributed by atoms with Crippen LogP contribution in [0.4, 0.5) is 5.13 Å². The number of ether oxygens (including phenoxy) is 1. The van der Waals surface area contributed by atoms with E-state index < -0.39 is 9.84 Å². The molecule has 0 saturated heterocycles. The maximum atomic E-state index is 12.6. The summed E-state index contributed by atoms with van der Waals surface area (Å²) < 4.78 is 29.0. The lowest BCUT2D eigenvalue weighted by Gasteiger charge is -2.13. The standard InChI is InChI=1S/C19H19N3O4S2/c1-12(2)26-15-9-13(17-5-4-16(11-21-17)28(3,24)25)8-14(10-15)18(23)22-19-20-6-7-27-19/h4-12H,1-3H3,(H,20,22,23). The number of hydrogen-bond donors (Lipinski definition) is 1. The highest BCUT2D eigenvalue weighted by Crippen LogP contribution is 2.27. The van der Waals surface area contributed by atoms with E-state index in [2.05, 4.69) is 15.3 Å². The minimum absolute atomic E-state index is 0.0781. The summed E-state index contributed by atoms with van der Waals surface area (Å²) in [6.45, 7) is 3.78. The van der Waals surface area contributed by atoms with Crippen LogP contribution in [0.3, 0.4) is 0 Å². The first-order chi connectivity index (χ1) is 13.2. The zero-order chi connectivity index (χ0) is 20.3. The summed E-state index contributed by atoms with van der Waals surface area (Å²) >= 11 is 1.32. The summed E-state index contributed by atoms with van der Waals surface area (Å²) in [6.07, 6.45) is 3.96. The molecule has 3 rings (SSSR count). The first-order valence-electron chi connectivity index (χ1n) is 8.41. The Kier molecular flexibility index (Phi) is 5.76. The number of amides is 1. The Morgan fingerprint density at radius 2 is 1.96 bits per heavy atom. The van der Waals surface area contributed by atoms with Crippen molar-refractivity contribution in [1.82, 2.24) is 9.97 Å². The lowest BCUT2D eigenvalue weighted by molar-refractivity contribution is 0.102. The van der Waals surface area contributed by atoms with Crippen molar-refractivity contribution in [3.8, 4) is 17.0 Å². The van der Waals surface area contributed by atoms with E-state index in [1.807, 2.05) is 13.8 Å². The highest BCUT2D eigenvalue weighted by molar-refractivity contribution is 7.90. The van der Waals surface area contributed by atoms with Gasteiger partial charge in [-0.3, -0.25) is 15.1 Å². The van der Waals surface area contributed by atoms with Crippen molar-refractivity contribution in [2.45, 2.75) is 24.8 Å². The van der Waals surface area contributed by atoms with Crippen molar-refractivity contribution in [3.05, 3.63) is 53.7 Å². The quantitative estimate of drug-likeness (QED) is 0.657. The normalized spacial score (nSPS) is 11.4. The fraction of sp³-hybridized carbons (Fsp3) is 0.211. The van der Waals surface area contributed by atoms with Gasteiger partial charge in [-0.2, -0.15) is 0 Å². The predicted molar refractivity (Wildman–Crippen MR) is 109 cm³/mol. The van der Waals surface area contributed by atoms with E-state index in [1.54, 1.807) is 35.8 Å². The number of hydrogen-bond acceptors (Lipinski definition) is 7. The number of pyridine rings is 1. The van der Waals surface area contributed by atoms with Crippen LogP contribution in [0, 0.1) is 0 Å². The number of benzene rings is 1. The van der Waals surface area contributed by atoms with Gasteiger partial charge in [0.15, 0.2) is 15.0 Å². The van der Waals surface area contributed by atoms with Gasteiger partial charge >= 0.3 is 0 Å². The van der Waals surface area contributed by atoms with E-state index in [0.717, 1.165) is 6.26 Å². The van der Waals surface area contributed by atoms with Crippen molar-refractivity contribution in [2.75, 3.05) is 11.6 Å². The monoisotopic (exact) mass is 417 g/mol. The molecule has 0 atom stereocenters. The molecule has 2 aromatic heterocycles. The molecular weight excluding hydrogens is 398 g/mol. The third-order valence-corrected chi connectivity index (χ3v) is 5.44. The third kappa shape index (κ3) is 4.93. The fourth-order valence-corrected chi connectivity index (χ4v) is 3.53. The second kappa shape index (κ2) is 8.07. The van der Waals surface area contributed by atoms with Crippen LogP contribution in [0.2, 0.25) is 0 Å². The van der Waals surface area contributed by atoms with Gasteiger partial charge in [-0.25, -0.2) is 13.4 Å². The Balaban J connectivity index is 1.98. The number of carbonyl (C=O) groups is 1. The summed E-state index contributed by atoms with van der Waals surface area (Å²) in [6, 6.07) is 8.19. The first-order valence-corrected chi connectivity index (χ1v) is 11.2. The molecule has 0 unspecified atom stereocenters. The molecule has 0 aliphatic rings. The van der Waals surface area contributed by atoms with E-state index in [0.29, 0.717) is 27.7 Å². The van der Waals surface area contributed by atoms with Crippen LogP contribution in [-0.2, 0) is 9.84 Å². The third-order valence-electron chi connectivity index (χ3n) is 3.65. The van der Waals surface area contributed by atoms with Gasteiger partial charge in [0.25, 0.3) is 5.91 Å². The Hall–Kier alpha value is -2.78. The smallest absolute Gasteiger partial charge is 0.257 e. The molecule has 0 bridgehead atoms. The molecule has 1 amide bonds. The number of nitrogens with one attached hydrogen (secondary N) is 1. The molecule has 7 nitrogen and oxygen atoms in total. The second-order valence-electron chi connectivity index (χ2n) is 6.36. The lowest BCUT2D eigenvalue weighted by Crippen LogP contribution is -2.13. The van der Waals surface area contributed by atoms with Crippen molar-refractivity contribution >= 4 is 32.2 Å². The molecule has 0 fully saturated rings. The largest absolute Gasteiger partial charge is 0.491 e. The van der Waals surface area contributed by atoms with Crippen LogP contribution in [-0.4, -0.2) is 36.7 Å². The molecule has 0 aliphatic heterocycles. The van der Waals surface area contributed by atoms with Crippen molar-refractivity contribution < 1.29 is 17.9 Å². The molecule has 1 N–H and O–H groups in total. The number of aromatic nitrogens is 2. The maximum Gasteiger partial charge on any atom is 0.257 e. The highest BCUT2D eigenvalue weighted by Gasteiger charge is 2.14. The molecule has 1 aromatic carbocycles. The Morgan fingerprint density at radius 3 is 2.54 bits per heavy atom. The maximum absolute atomic E-state index is 12.6. The summed E-state index contributed by atoms with van der Waals surface area (Å²) in [7, 11) is -3.33. The van der Waals surface area contributed by atoms with Crippen LogP contribution in [0.5, 0.6) is 5.75 Å². The first kappa shape index (κ1) is 20.0. The van der Waals surface area contributed by atoms with E-state index in [-0.39, 0.29) is 16.9 Å². The zero-order valence-electron chi connectivity index (χ0n) is 15.5. The highest BCUT2D eigenvalue weighted by atomic mass is 32.2. The van der Waals surface area contributed by atoms with Gasteiger partial charge in [0, 0.05) is 35.2 Å². The Bertz CT molecular complexity index is 1080. The van der Waals surface area contributed by atoms with Crippen LogP contribution in [0.1, 0.15) is 24.2 Å². The lowest BCUT2D eigenvalue weighted by atomic mass is 10.1. The Labute approximate surface area is 167 Å². The van der Waals surface area contributed by atoms with Gasteiger partial charge in [0.1, 0.15) is 5.75 Å². The van der Waals surface area contributed by atoms with Crippen molar-refractivity contribution in [1.29, 1.82) is 0 Å². The number of thiazole rings is 1. The average Bonchev–Trinajstić information content (AvgIpc) is 3.13. The van der Waals surface area contributed by atoms with Crippen molar-refractivity contribution in [2.24, 2.45) is 0 Å². The summed E-state index contributed by atoms with van der Waals surface area (Å²) in [4.78, 5) is 21.0. The minimum atomic E-state index is -3.33. The van der Waals surface area contributed by atoms with Crippen LogP contribution in [0.25, 0.3) is 11.3 Å². The number of rotatable bonds is 6. The van der Waals surface area contributed by atoms with Crippen LogP contribution in [0.15, 0.2) is 53.0 Å². The zero-order valence-corrected chi connectivity index (χ0v) is 17.2. The molecule has 3 aromatic rings. The molecule has 146 valence electrons. The second-order valence-corrected chi connectivity index (χ2v) is 9.27. The van der Waals surface area contributed by atoms with E-state index >= 15 is 0 Å². The van der Waals surface area contributed by atoms with E-state index in [9.17, 15) is 13.2 Å². The van der Waals surface area contributed by atoms with E-state index in [4.69, 9.17) is 4.74 Å².